The normalized spacial score (nSPS) is 20.9. The van der Waals surface area contributed by atoms with Gasteiger partial charge in [0.05, 0.1) is 11.4 Å². The Morgan fingerprint density at radius 1 is 0.839 bits per heavy atom. The number of rotatable bonds is 2. The van der Waals surface area contributed by atoms with Gasteiger partial charge in [-0.3, -0.25) is 0 Å². The fourth-order valence-electron chi connectivity index (χ4n) is 5.34. The maximum Gasteiger partial charge on any atom is 0.159 e. The van der Waals surface area contributed by atoms with E-state index in [1.54, 1.807) is 0 Å². The summed E-state index contributed by atoms with van der Waals surface area (Å²) in [6.45, 7) is 6.83. The van der Waals surface area contributed by atoms with Gasteiger partial charge in [-0.15, -0.1) is 0 Å². The third-order valence-electron chi connectivity index (χ3n) is 6.76. The second-order valence-corrected chi connectivity index (χ2v) is 8.72. The van der Waals surface area contributed by atoms with Crippen molar-refractivity contribution in [3.8, 4) is 0 Å². The summed E-state index contributed by atoms with van der Waals surface area (Å²) >= 11 is 0. The Bertz CT molecular complexity index is 1360. The van der Waals surface area contributed by atoms with Gasteiger partial charge in [-0.1, -0.05) is 61.5 Å². The molecule has 2 atom stereocenters. The zero-order chi connectivity index (χ0) is 21.1. The Balaban J connectivity index is 1.63. The molecule has 0 saturated carbocycles. The van der Waals surface area contributed by atoms with E-state index in [4.69, 9.17) is 4.42 Å². The maximum atomic E-state index is 6.48. The Hall–Kier alpha value is -3.46. The van der Waals surface area contributed by atoms with Crippen LogP contribution in [0.15, 0.2) is 94.7 Å². The van der Waals surface area contributed by atoms with Crippen molar-refractivity contribution in [2.45, 2.75) is 33.4 Å². The molecular formula is C28H26N2O. The molecular weight excluding hydrogens is 380 g/mol. The summed E-state index contributed by atoms with van der Waals surface area (Å²) in [5.74, 6) is 0.440. The predicted molar refractivity (Wildman–Crippen MR) is 129 cm³/mol. The molecule has 1 aliphatic heterocycles. The van der Waals surface area contributed by atoms with Crippen LogP contribution in [0.5, 0.6) is 0 Å². The molecule has 1 unspecified atom stereocenters. The molecule has 31 heavy (non-hydrogen) atoms. The SMILES string of the molecule is Cc1ccc2c(oc3ccccc32)c1N1C2=C(C=CCC2C)N(c2ccccc2)[C@@H]1C. The average molecular weight is 407 g/mol. The number of anilines is 2. The van der Waals surface area contributed by atoms with E-state index in [0.29, 0.717) is 5.92 Å². The molecule has 2 aliphatic rings. The molecule has 0 bridgehead atoms. The third kappa shape index (κ3) is 2.59. The van der Waals surface area contributed by atoms with Crippen LogP contribution in [0.4, 0.5) is 11.4 Å². The highest BCUT2D eigenvalue weighted by Gasteiger charge is 2.40. The van der Waals surface area contributed by atoms with Crippen LogP contribution in [0.3, 0.4) is 0 Å². The Kier molecular flexibility index (Phi) is 4.01. The second-order valence-electron chi connectivity index (χ2n) is 8.72. The predicted octanol–water partition coefficient (Wildman–Crippen LogP) is 7.37. The lowest BCUT2D eigenvalue weighted by Gasteiger charge is -2.34. The third-order valence-corrected chi connectivity index (χ3v) is 6.76. The van der Waals surface area contributed by atoms with Crippen LogP contribution in [-0.2, 0) is 0 Å². The van der Waals surface area contributed by atoms with Crippen LogP contribution >= 0.6 is 0 Å². The monoisotopic (exact) mass is 406 g/mol. The van der Waals surface area contributed by atoms with Crippen LogP contribution in [0.1, 0.15) is 25.8 Å². The summed E-state index contributed by atoms with van der Waals surface area (Å²) in [5.41, 5.74) is 8.26. The highest BCUT2D eigenvalue weighted by atomic mass is 16.3. The highest BCUT2D eigenvalue weighted by Crippen LogP contribution is 2.47. The van der Waals surface area contributed by atoms with E-state index in [0.717, 1.165) is 17.6 Å². The fraction of sp³-hybridized carbons (Fsp3) is 0.214. The van der Waals surface area contributed by atoms with Crippen molar-refractivity contribution in [1.82, 2.24) is 0 Å². The first kappa shape index (κ1) is 18.3. The molecule has 0 N–H and O–H groups in total. The summed E-state index contributed by atoms with van der Waals surface area (Å²) in [5, 5.41) is 2.36. The van der Waals surface area contributed by atoms with Gasteiger partial charge in [0.1, 0.15) is 11.7 Å². The van der Waals surface area contributed by atoms with Crippen LogP contribution < -0.4 is 9.80 Å². The average Bonchev–Trinajstić information content (AvgIpc) is 3.30. The van der Waals surface area contributed by atoms with Gasteiger partial charge in [-0.2, -0.15) is 0 Å². The second kappa shape index (κ2) is 6.78. The molecule has 0 radical (unpaired) electrons. The quantitative estimate of drug-likeness (QED) is 0.346. The molecule has 0 fully saturated rings. The number of furan rings is 1. The molecule has 4 aromatic rings. The molecule has 0 saturated heterocycles. The maximum absolute atomic E-state index is 6.48. The molecule has 3 nitrogen and oxygen atoms in total. The van der Waals surface area contributed by atoms with Gasteiger partial charge in [0.25, 0.3) is 0 Å². The van der Waals surface area contributed by atoms with Gasteiger partial charge in [0, 0.05) is 28.1 Å². The number of nitrogens with zero attached hydrogens (tertiary/aromatic N) is 2. The van der Waals surface area contributed by atoms with Gasteiger partial charge < -0.3 is 14.2 Å². The summed E-state index contributed by atoms with van der Waals surface area (Å²) in [6, 6.07) is 23.5. The van der Waals surface area contributed by atoms with Crippen molar-refractivity contribution in [2.75, 3.05) is 9.80 Å². The van der Waals surface area contributed by atoms with Gasteiger partial charge in [-0.25, -0.2) is 0 Å². The molecule has 2 heterocycles. The lowest BCUT2D eigenvalue weighted by atomic mass is 9.95. The van der Waals surface area contributed by atoms with E-state index in [9.17, 15) is 0 Å². The number of hydrogen-bond donors (Lipinski definition) is 0. The number of fused-ring (bicyclic) bond motifs is 3. The van der Waals surface area contributed by atoms with E-state index in [1.165, 1.54) is 39.1 Å². The van der Waals surface area contributed by atoms with Crippen LogP contribution in [0, 0.1) is 12.8 Å². The zero-order valence-corrected chi connectivity index (χ0v) is 18.2. The molecule has 3 aromatic carbocycles. The highest BCUT2D eigenvalue weighted by molar-refractivity contribution is 6.10. The number of allylic oxidation sites excluding steroid dienone is 3. The lowest BCUT2D eigenvalue weighted by Crippen LogP contribution is -2.39. The first-order valence-corrected chi connectivity index (χ1v) is 11.1. The van der Waals surface area contributed by atoms with Gasteiger partial charge >= 0.3 is 0 Å². The van der Waals surface area contributed by atoms with Crippen LogP contribution in [-0.4, -0.2) is 6.17 Å². The van der Waals surface area contributed by atoms with E-state index in [-0.39, 0.29) is 6.17 Å². The lowest BCUT2D eigenvalue weighted by molar-refractivity contribution is 0.626. The molecule has 1 aromatic heterocycles. The molecule has 0 spiro atoms. The first-order valence-electron chi connectivity index (χ1n) is 11.1. The number of aryl methyl sites for hydroxylation is 1. The van der Waals surface area contributed by atoms with Crippen LogP contribution in [0.2, 0.25) is 0 Å². The summed E-state index contributed by atoms with van der Waals surface area (Å²) < 4.78 is 6.48. The van der Waals surface area contributed by atoms with Gasteiger partial charge in [-0.05, 0) is 50.1 Å². The van der Waals surface area contributed by atoms with Crippen molar-refractivity contribution >= 4 is 33.3 Å². The molecule has 1 aliphatic carbocycles. The first-order chi connectivity index (χ1) is 15.1. The van der Waals surface area contributed by atoms with Crippen molar-refractivity contribution < 1.29 is 4.42 Å². The molecule has 0 amide bonds. The summed E-state index contributed by atoms with van der Waals surface area (Å²) in [7, 11) is 0. The summed E-state index contributed by atoms with van der Waals surface area (Å²) in [4.78, 5) is 4.99. The minimum Gasteiger partial charge on any atom is -0.454 e. The zero-order valence-electron chi connectivity index (χ0n) is 18.2. The Morgan fingerprint density at radius 3 is 2.45 bits per heavy atom. The Morgan fingerprint density at radius 2 is 1.61 bits per heavy atom. The van der Waals surface area contributed by atoms with Crippen molar-refractivity contribution in [2.24, 2.45) is 5.92 Å². The van der Waals surface area contributed by atoms with Crippen molar-refractivity contribution in [3.63, 3.8) is 0 Å². The minimum atomic E-state index is 0.148. The topological polar surface area (TPSA) is 19.6 Å². The molecule has 154 valence electrons. The Labute approximate surface area is 182 Å². The largest absolute Gasteiger partial charge is 0.454 e. The summed E-state index contributed by atoms with van der Waals surface area (Å²) in [6.07, 6.45) is 5.81. The fourth-order valence-corrected chi connectivity index (χ4v) is 5.34. The number of para-hydroxylation sites is 2. The van der Waals surface area contributed by atoms with Gasteiger partial charge in [0.15, 0.2) is 5.58 Å². The van der Waals surface area contributed by atoms with Crippen molar-refractivity contribution in [1.29, 1.82) is 0 Å². The van der Waals surface area contributed by atoms with Crippen LogP contribution in [0.25, 0.3) is 21.9 Å². The standard InChI is InChI=1S/C28H26N2O/c1-18-10-9-14-24-26(18)30(20(3)29(24)21-11-5-4-6-12-21)27-19(2)16-17-23-22-13-7-8-15-25(22)31-28(23)27/h4-9,11-18,20H,10H2,1-3H3/t18?,20-/m0/s1. The van der Waals surface area contributed by atoms with E-state index in [1.807, 2.05) is 6.07 Å². The minimum absolute atomic E-state index is 0.148. The van der Waals surface area contributed by atoms with E-state index < -0.39 is 0 Å². The molecule has 6 rings (SSSR count). The molecule has 3 heteroatoms. The number of hydrogen-bond acceptors (Lipinski definition) is 3. The smallest absolute Gasteiger partial charge is 0.159 e. The van der Waals surface area contributed by atoms with E-state index in [2.05, 4.69) is 103 Å². The van der Waals surface area contributed by atoms with Gasteiger partial charge in [0.2, 0.25) is 0 Å². The number of benzene rings is 3. The van der Waals surface area contributed by atoms with Crippen molar-refractivity contribution in [3.05, 3.63) is 95.8 Å². The van der Waals surface area contributed by atoms with E-state index >= 15 is 0 Å².